The van der Waals surface area contributed by atoms with E-state index in [1.165, 1.54) is 12.4 Å². The predicted octanol–water partition coefficient (Wildman–Crippen LogP) is 4.61. The summed E-state index contributed by atoms with van der Waals surface area (Å²) < 4.78 is 10.6. The molecule has 0 saturated heterocycles. The molecule has 2 aromatic carbocycles. The first kappa shape index (κ1) is 20.1. The van der Waals surface area contributed by atoms with Gasteiger partial charge < -0.3 is 20.1 Å². The molecule has 0 aliphatic rings. The third-order valence-corrected chi connectivity index (χ3v) is 4.39. The summed E-state index contributed by atoms with van der Waals surface area (Å²) in [6, 6.07) is 13.1. The number of para-hydroxylation sites is 1. The normalized spacial score (nSPS) is 10.5. The first-order chi connectivity index (χ1) is 14.0. The van der Waals surface area contributed by atoms with E-state index in [2.05, 4.69) is 34.4 Å². The van der Waals surface area contributed by atoms with Crippen molar-refractivity contribution >= 4 is 23.1 Å². The standard InChI is InChI=1S/C22H24N4O3/c1-14(2)16-7-5-6-8-17(16)26-22(27)19-12-24-21(13-23-19)25-18-10-9-15(28-3)11-20(18)29-4/h5-14H,1-4H3,(H,24,25)(H,26,27). The summed E-state index contributed by atoms with van der Waals surface area (Å²) in [4.78, 5) is 21.1. The minimum absolute atomic E-state index is 0.232. The molecule has 0 unspecified atom stereocenters. The molecule has 0 atom stereocenters. The van der Waals surface area contributed by atoms with Gasteiger partial charge in [0.25, 0.3) is 5.91 Å². The zero-order valence-corrected chi connectivity index (χ0v) is 16.9. The van der Waals surface area contributed by atoms with Gasteiger partial charge in [0.05, 0.1) is 32.3 Å². The molecule has 1 amide bonds. The van der Waals surface area contributed by atoms with E-state index in [1.807, 2.05) is 36.4 Å². The smallest absolute Gasteiger partial charge is 0.275 e. The van der Waals surface area contributed by atoms with Crippen LogP contribution in [0.4, 0.5) is 17.2 Å². The van der Waals surface area contributed by atoms with Crippen LogP contribution in [0.1, 0.15) is 35.8 Å². The molecule has 3 rings (SSSR count). The maximum Gasteiger partial charge on any atom is 0.275 e. The van der Waals surface area contributed by atoms with Crippen molar-refractivity contribution in [1.29, 1.82) is 0 Å². The zero-order valence-electron chi connectivity index (χ0n) is 16.9. The largest absolute Gasteiger partial charge is 0.497 e. The Kier molecular flexibility index (Phi) is 6.29. The Morgan fingerprint density at radius 3 is 2.41 bits per heavy atom. The van der Waals surface area contributed by atoms with Crippen LogP contribution in [0.15, 0.2) is 54.9 Å². The summed E-state index contributed by atoms with van der Waals surface area (Å²) in [5, 5.41) is 6.04. The Bertz CT molecular complexity index is 988. The number of methoxy groups -OCH3 is 2. The highest BCUT2D eigenvalue weighted by molar-refractivity contribution is 6.03. The Hall–Kier alpha value is -3.61. The maximum absolute atomic E-state index is 12.6. The summed E-state index contributed by atoms with van der Waals surface area (Å²) in [7, 11) is 3.17. The zero-order chi connectivity index (χ0) is 20.8. The number of rotatable bonds is 7. The second kappa shape index (κ2) is 9.05. The number of carbonyl (C=O) groups is 1. The number of benzene rings is 2. The van der Waals surface area contributed by atoms with Gasteiger partial charge in [0.1, 0.15) is 23.0 Å². The van der Waals surface area contributed by atoms with Crippen molar-refractivity contribution in [3.63, 3.8) is 0 Å². The van der Waals surface area contributed by atoms with Crippen molar-refractivity contribution in [2.75, 3.05) is 24.9 Å². The minimum Gasteiger partial charge on any atom is -0.497 e. The molecule has 0 bridgehead atoms. The fourth-order valence-corrected chi connectivity index (χ4v) is 2.85. The van der Waals surface area contributed by atoms with E-state index >= 15 is 0 Å². The molecule has 0 radical (unpaired) electrons. The molecule has 3 aromatic rings. The van der Waals surface area contributed by atoms with Gasteiger partial charge in [0.2, 0.25) is 0 Å². The highest BCUT2D eigenvalue weighted by Crippen LogP contribution is 2.31. The van der Waals surface area contributed by atoms with Crippen molar-refractivity contribution in [2.24, 2.45) is 0 Å². The molecule has 0 saturated carbocycles. The molecular formula is C22H24N4O3. The number of hydrogen-bond donors (Lipinski definition) is 2. The topological polar surface area (TPSA) is 85.4 Å². The lowest BCUT2D eigenvalue weighted by Gasteiger charge is -2.14. The van der Waals surface area contributed by atoms with Gasteiger partial charge in [-0.2, -0.15) is 0 Å². The van der Waals surface area contributed by atoms with Crippen LogP contribution in [0.5, 0.6) is 11.5 Å². The first-order valence-electron chi connectivity index (χ1n) is 9.23. The fraction of sp³-hybridized carbons (Fsp3) is 0.227. The van der Waals surface area contributed by atoms with E-state index in [0.29, 0.717) is 28.9 Å². The lowest BCUT2D eigenvalue weighted by Crippen LogP contribution is -2.15. The molecule has 29 heavy (non-hydrogen) atoms. The average molecular weight is 392 g/mol. The van der Waals surface area contributed by atoms with Crippen LogP contribution in [0.25, 0.3) is 0 Å². The third-order valence-electron chi connectivity index (χ3n) is 4.39. The van der Waals surface area contributed by atoms with Crippen molar-refractivity contribution < 1.29 is 14.3 Å². The number of ether oxygens (including phenoxy) is 2. The molecule has 0 spiro atoms. The minimum atomic E-state index is -0.306. The number of anilines is 3. The van der Waals surface area contributed by atoms with Crippen molar-refractivity contribution in [1.82, 2.24) is 9.97 Å². The van der Waals surface area contributed by atoms with E-state index in [-0.39, 0.29) is 11.6 Å². The predicted molar refractivity (Wildman–Crippen MR) is 113 cm³/mol. The first-order valence-corrected chi connectivity index (χ1v) is 9.23. The van der Waals surface area contributed by atoms with Gasteiger partial charge in [-0.1, -0.05) is 32.0 Å². The van der Waals surface area contributed by atoms with E-state index in [1.54, 1.807) is 20.3 Å². The van der Waals surface area contributed by atoms with E-state index in [0.717, 1.165) is 11.3 Å². The van der Waals surface area contributed by atoms with Crippen molar-refractivity contribution in [3.05, 3.63) is 66.1 Å². The summed E-state index contributed by atoms with van der Waals surface area (Å²) in [5.74, 6) is 1.78. The van der Waals surface area contributed by atoms with Crippen LogP contribution < -0.4 is 20.1 Å². The Morgan fingerprint density at radius 2 is 1.76 bits per heavy atom. The van der Waals surface area contributed by atoms with E-state index in [9.17, 15) is 4.79 Å². The number of nitrogens with one attached hydrogen (secondary N) is 2. The number of amides is 1. The summed E-state index contributed by atoms with van der Waals surface area (Å²) in [6.07, 6.45) is 2.94. The average Bonchev–Trinajstić information content (AvgIpc) is 2.74. The number of aromatic nitrogens is 2. The molecule has 1 heterocycles. The Labute approximate surface area is 170 Å². The lowest BCUT2D eigenvalue weighted by molar-refractivity contribution is 0.102. The Morgan fingerprint density at radius 1 is 0.966 bits per heavy atom. The Balaban J connectivity index is 1.73. The second-order valence-corrected chi connectivity index (χ2v) is 6.67. The molecule has 7 nitrogen and oxygen atoms in total. The van der Waals surface area contributed by atoms with Crippen molar-refractivity contribution in [3.8, 4) is 11.5 Å². The van der Waals surface area contributed by atoms with E-state index in [4.69, 9.17) is 9.47 Å². The molecule has 0 aliphatic heterocycles. The number of hydrogen-bond acceptors (Lipinski definition) is 6. The van der Waals surface area contributed by atoms with Gasteiger partial charge >= 0.3 is 0 Å². The van der Waals surface area contributed by atoms with Crippen LogP contribution in [-0.4, -0.2) is 30.1 Å². The summed E-state index contributed by atoms with van der Waals surface area (Å²) >= 11 is 0. The maximum atomic E-state index is 12.6. The molecule has 0 fully saturated rings. The van der Waals surface area contributed by atoms with Crippen LogP contribution in [-0.2, 0) is 0 Å². The molecular weight excluding hydrogens is 368 g/mol. The molecule has 150 valence electrons. The molecule has 1 aromatic heterocycles. The molecule has 0 aliphatic carbocycles. The summed E-state index contributed by atoms with van der Waals surface area (Å²) in [5.41, 5.74) is 2.79. The number of nitrogens with zero attached hydrogens (tertiary/aromatic N) is 2. The molecule has 2 N–H and O–H groups in total. The highest BCUT2D eigenvalue weighted by atomic mass is 16.5. The SMILES string of the molecule is COc1ccc(Nc2cnc(C(=O)Nc3ccccc3C(C)C)cn2)c(OC)c1. The van der Waals surface area contributed by atoms with Crippen molar-refractivity contribution in [2.45, 2.75) is 19.8 Å². The van der Waals surface area contributed by atoms with Gasteiger partial charge in [-0.15, -0.1) is 0 Å². The quantitative estimate of drug-likeness (QED) is 0.611. The van der Waals surface area contributed by atoms with E-state index < -0.39 is 0 Å². The lowest BCUT2D eigenvalue weighted by atomic mass is 10.0. The van der Waals surface area contributed by atoms with Gasteiger partial charge in [0, 0.05) is 11.8 Å². The van der Waals surface area contributed by atoms with Gasteiger partial charge in [-0.05, 0) is 29.7 Å². The van der Waals surface area contributed by atoms with Crippen LogP contribution >= 0.6 is 0 Å². The summed E-state index contributed by atoms with van der Waals surface area (Å²) in [6.45, 7) is 4.16. The van der Waals surface area contributed by atoms with Crippen LogP contribution in [0, 0.1) is 0 Å². The number of carbonyl (C=O) groups excluding carboxylic acids is 1. The fourth-order valence-electron chi connectivity index (χ4n) is 2.85. The molecule has 7 heteroatoms. The monoisotopic (exact) mass is 392 g/mol. The highest BCUT2D eigenvalue weighted by Gasteiger charge is 2.13. The van der Waals surface area contributed by atoms with Crippen LogP contribution in [0.2, 0.25) is 0 Å². The van der Waals surface area contributed by atoms with Gasteiger partial charge in [-0.25, -0.2) is 9.97 Å². The third kappa shape index (κ3) is 4.82. The van der Waals surface area contributed by atoms with Gasteiger partial charge in [-0.3, -0.25) is 4.79 Å². The van der Waals surface area contributed by atoms with Crippen LogP contribution in [0.3, 0.4) is 0 Å². The van der Waals surface area contributed by atoms with Gasteiger partial charge in [0.15, 0.2) is 0 Å². The second-order valence-electron chi connectivity index (χ2n) is 6.67.